The van der Waals surface area contributed by atoms with Gasteiger partial charge in [0, 0.05) is 24.7 Å². The average Bonchev–Trinajstić information content (AvgIpc) is 3.13. The Morgan fingerprint density at radius 1 is 1.08 bits per heavy atom. The Morgan fingerprint density at radius 3 is 2.38 bits per heavy atom. The van der Waals surface area contributed by atoms with Crippen LogP contribution in [0.25, 0.3) is 0 Å². The van der Waals surface area contributed by atoms with Crippen LogP contribution in [0.1, 0.15) is 62.7 Å². The van der Waals surface area contributed by atoms with E-state index in [4.69, 9.17) is 4.74 Å². The van der Waals surface area contributed by atoms with Gasteiger partial charge in [0.15, 0.2) is 0 Å². The van der Waals surface area contributed by atoms with Gasteiger partial charge in [-0.25, -0.2) is 0 Å². The van der Waals surface area contributed by atoms with Crippen LogP contribution in [0.15, 0.2) is 24.3 Å². The smallest absolute Gasteiger partial charge is 0.254 e. The largest absolute Gasteiger partial charge is 0.491 e. The summed E-state index contributed by atoms with van der Waals surface area (Å²) in [6.07, 6.45) is 7.44. The number of hydrogen-bond acceptors (Lipinski definition) is 3. The number of rotatable bonds is 6. The molecule has 5 heteroatoms. The average molecular weight is 381 g/mol. The molecule has 2 aliphatic rings. The molecule has 0 spiro atoms. The third-order valence-electron chi connectivity index (χ3n) is 5.34. The van der Waals surface area contributed by atoms with Gasteiger partial charge < -0.3 is 14.5 Å². The molecule has 1 unspecified atom stereocenters. The highest BCUT2D eigenvalue weighted by molar-refractivity contribution is 5.94. The zero-order valence-corrected chi connectivity index (χ0v) is 17.0. The Kier molecular flexibility index (Phi) is 8.23. The van der Waals surface area contributed by atoms with Crippen LogP contribution in [-0.4, -0.2) is 54.0 Å². The molecule has 0 aromatic heterocycles. The molecular weight excluding hydrogens is 348 g/mol. The Labute approximate surface area is 164 Å². The van der Waals surface area contributed by atoms with Crippen molar-refractivity contribution in [1.29, 1.82) is 0 Å². The quantitative estimate of drug-likeness (QED) is 0.734. The summed E-state index contributed by atoms with van der Waals surface area (Å²) in [4.78, 5) is 17.7. The first-order valence-corrected chi connectivity index (χ1v) is 9.93. The highest BCUT2D eigenvalue weighted by atomic mass is 35.5. The third kappa shape index (κ3) is 5.62. The van der Waals surface area contributed by atoms with E-state index in [1.807, 2.05) is 38.1 Å². The van der Waals surface area contributed by atoms with Crippen molar-refractivity contribution < 1.29 is 9.53 Å². The minimum Gasteiger partial charge on any atom is -0.491 e. The molecule has 1 amide bonds. The van der Waals surface area contributed by atoms with Gasteiger partial charge in [-0.1, -0.05) is 0 Å². The lowest BCUT2D eigenvalue weighted by Crippen LogP contribution is -2.45. The number of carbonyl (C=O) groups excluding carboxylic acids is 1. The molecule has 1 aromatic rings. The molecule has 1 atom stereocenters. The molecule has 26 heavy (non-hydrogen) atoms. The van der Waals surface area contributed by atoms with E-state index in [0.29, 0.717) is 6.04 Å². The van der Waals surface area contributed by atoms with Crippen molar-refractivity contribution in [2.75, 3.05) is 26.2 Å². The number of piperidine rings is 1. The van der Waals surface area contributed by atoms with E-state index < -0.39 is 0 Å². The standard InChI is InChI=1S/C21H32N2O2.ClH/c1-17(2)25-20-10-8-18(9-11-20)21(24)23-15-4-3-7-19(23)12-16-22-13-5-6-14-22;/h8-11,17,19H,3-7,12-16H2,1-2H3;1H. The summed E-state index contributed by atoms with van der Waals surface area (Å²) in [6.45, 7) is 8.52. The SMILES string of the molecule is CC(C)Oc1ccc(C(=O)N2CCCCC2CCN2CCCC2)cc1.Cl. The summed E-state index contributed by atoms with van der Waals surface area (Å²) in [5.41, 5.74) is 0.782. The molecule has 3 rings (SSSR count). The number of ether oxygens (including phenoxy) is 1. The van der Waals surface area contributed by atoms with E-state index >= 15 is 0 Å². The number of halogens is 1. The van der Waals surface area contributed by atoms with Crippen LogP contribution >= 0.6 is 12.4 Å². The van der Waals surface area contributed by atoms with Gasteiger partial charge in [-0.15, -0.1) is 12.4 Å². The van der Waals surface area contributed by atoms with Gasteiger partial charge in [-0.05, 0) is 89.7 Å². The van der Waals surface area contributed by atoms with E-state index in [1.165, 1.54) is 32.4 Å². The van der Waals surface area contributed by atoms with E-state index in [0.717, 1.165) is 43.7 Å². The summed E-state index contributed by atoms with van der Waals surface area (Å²) in [5.74, 6) is 1.01. The number of nitrogens with zero attached hydrogens (tertiary/aromatic N) is 2. The first-order valence-electron chi connectivity index (χ1n) is 9.93. The van der Waals surface area contributed by atoms with Crippen LogP contribution in [0.5, 0.6) is 5.75 Å². The van der Waals surface area contributed by atoms with Crippen molar-refractivity contribution in [2.24, 2.45) is 0 Å². The van der Waals surface area contributed by atoms with Gasteiger partial charge in [-0.3, -0.25) is 4.79 Å². The molecule has 2 aliphatic heterocycles. The van der Waals surface area contributed by atoms with Crippen LogP contribution < -0.4 is 4.74 Å². The topological polar surface area (TPSA) is 32.8 Å². The summed E-state index contributed by atoms with van der Waals surface area (Å²) in [5, 5.41) is 0. The maximum atomic E-state index is 13.0. The van der Waals surface area contributed by atoms with Crippen LogP contribution in [-0.2, 0) is 0 Å². The molecule has 0 saturated carbocycles. The van der Waals surface area contributed by atoms with Crippen molar-refractivity contribution in [2.45, 2.75) is 64.5 Å². The molecule has 2 fully saturated rings. The molecule has 0 N–H and O–H groups in total. The molecular formula is C21H33ClN2O2. The lowest BCUT2D eigenvalue weighted by molar-refractivity contribution is 0.0588. The van der Waals surface area contributed by atoms with Crippen LogP contribution in [0.4, 0.5) is 0 Å². The fourth-order valence-corrected chi connectivity index (χ4v) is 4.02. The van der Waals surface area contributed by atoms with Gasteiger partial charge in [0.1, 0.15) is 5.75 Å². The third-order valence-corrected chi connectivity index (χ3v) is 5.34. The first-order chi connectivity index (χ1) is 12.1. The monoisotopic (exact) mass is 380 g/mol. The molecule has 2 saturated heterocycles. The van der Waals surface area contributed by atoms with Crippen molar-refractivity contribution in [3.8, 4) is 5.75 Å². The zero-order chi connectivity index (χ0) is 17.6. The number of hydrogen-bond donors (Lipinski definition) is 0. The van der Waals surface area contributed by atoms with Crippen molar-refractivity contribution in [3.63, 3.8) is 0 Å². The normalized spacial score (nSPS) is 20.9. The molecule has 4 nitrogen and oxygen atoms in total. The number of benzene rings is 1. The minimum atomic E-state index is 0. The number of amides is 1. The second kappa shape index (κ2) is 10.2. The minimum absolute atomic E-state index is 0. The van der Waals surface area contributed by atoms with Crippen LogP contribution in [0.3, 0.4) is 0 Å². The van der Waals surface area contributed by atoms with E-state index in [9.17, 15) is 4.79 Å². The highest BCUT2D eigenvalue weighted by Gasteiger charge is 2.28. The molecule has 1 aromatic carbocycles. The van der Waals surface area contributed by atoms with Gasteiger partial charge in [0.2, 0.25) is 0 Å². The maximum Gasteiger partial charge on any atom is 0.254 e. The first kappa shape index (κ1) is 21.0. The Balaban J connectivity index is 0.00000243. The highest BCUT2D eigenvalue weighted by Crippen LogP contribution is 2.24. The van der Waals surface area contributed by atoms with Crippen LogP contribution in [0, 0.1) is 0 Å². The van der Waals surface area contributed by atoms with E-state index in [2.05, 4.69) is 9.80 Å². The Hall–Kier alpha value is -1.26. The number of likely N-dealkylation sites (tertiary alicyclic amines) is 2. The summed E-state index contributed by atoms with van der Waals surface area (Å²) in [7, 11) is 0. The second-order valence-corrected chi connectivity index (χ2v) is 7.68. The second-order valence-electron chi connectivity index (χ2n) is 7.68. The molecule has 0 bridgehead atoms. The van der Waals surface area contributed by atoms with E-state index in [-0.39, 0.29) is 24.4 Å². The summed E-state index contributed by atoms with van der Waals surface area (Å²) < 4.78 is 5.68. The fraction of sp³-hybridized carbons (Fsp3) is 0.667. The summed E-state index contributed by atoms with van der Waals surface area (Å²) >= 11 is 0. The van der Waals surface area contributed by atoms with Crippen molar-refractivity contribution >= 4 is 18.3 Å². The van der Waals surface area contributed by atoms with Crippen molar-refractivity contribution in [1.82, 2.24) is 9.80 Å². The molecule has 2 heterocycles. The maximum absolute atomic E-state index is 13.0. The lowest BCUT2D eigenvalue weighted by atomic mass is 9.98. The van der Waals surface area contributed by atoms with Gasteiger partial charge in [-0.2, -0.15) is 0 Å². The molecule has 0 aliphatic carbocycles. The lowest BCUT2D eigenvalue weighted by Gasteiger charge is -2.36. The van der Waals surface area contributed by atoms with Crippen LogP contribution in [0.2, 0.25) is 0 Å². The molecule has 0 radical (unpaired) electrons. The Morgan fingerprint density at radius 2 is 1.73 bits per heavy atom. The predicted molar refractivity (Wildman–Crippen MR) is 108 cm³/mol. The van der Waals surface area contributed by atoms with Gasteiger partial charge >= 0.3 is 0 Å². The van der Waals surface area contributed by atoms with E-state index in [1.54, 1.807) is 0 Å². The fourth-order valence-electron chi connectivity index (χ4n) is 4.02. The summed E-state index contributed by atoms with van der Waals surface area (Å²) in [6, 6.07) is 8.04. The van der Waals surface area contributed by atoms with Crippen molar-refractivity contribution in [3.05, 3.63) is 29.8 Å². The Bertz CT molecular complexity index is 556. The number of carbonyl (C=O) groups is 1. The predicted octanol–water partition coefficient (Wildman–Crippen LogP) is 4.38. The zero-order valence-electron chi connectivity index (χ0n) is 16.2. The molecule has 146 valence electrons. The van der Waals surface area contributed by atoms with Gasteiger partial charge in [0.05, 0.1) is 6.10 Å². The van der Waals surface area contributed by atoms with Gasteiger partial charge in [0.25, 0.3) is 5.91 Å².